The quantitative estimate of drug-likeness (QED) is 0.794. The van der Waals surface area contributed by atoms with Crippen molar-refractivity contribution in [2.45, 2.75) is 63.5 Å². The van der Waals surface area contributed by atoms with Gasteiger partial charge in [0.05, 0.1) is 6.61 Å². The van der Waals surface area contributed by atoms with Crippen molar-refractivity contribution in [1.82, 2.24) is 4.90 Å². The molecule has 4 heteroatoms. The number of rotatable bonds is 4. The minimum absolute atomic E-state index is 0.0704. The molecule has 104 valence electrons. The van der Waals surface area contributed by atoms with Crippen molar-refractivity contribution in [3.8, 4) is 0 Å². The minimum atomic E-state index is 0.0704. The van der Waals surface area contributed by atoms with Gasteiger partial charge in [0, 0.05) is 24.5 Å². The van der Waals surface area contributed by atoms with Gasteiger partial charge in [-0.1, -0.05) is 19.3 Å². The Hall–Kier alpha value is -0.610. The van der Waals surface area contributed by atoms with Crippen LogP contribution < -0.4 is 5.73 Å². The Bertz CT molecular complexity index is 277. The van der Waals surface area contributed by atoms with E-state index in [-0.39, 0.29) is 24.5 Å². The Labute approximate surface area is 110 Å². The Morgan fingerprint density at radius 1 is 1.17 bits per heavy atom. The summed E-state index contributed by atoms with van der Waals surface area (Å²) in [7, 11) is 0. The van der Waals surface area contributed by atoms with E-state index in [1.165, 1.54) is 19.3 Å². The molecule has 0 bridgehead atoms. The van der Waals surface area contributed by atoms with Crippen molar-refractivity contribution in [2.24, 2.45) is 11.7 Å². The van der Waals surface area contributed by atoms with E-state index >= 15 is 0 Å². The average Bonchev–Trinajstić information content (AvgIpc) is 2.83. The molecule has 0 spiro atoms. The standard InChI is InChI=1S/C14H26N2O2/c15-12-7-6-11(10-12)14(18)16(8-9-17)13-4-2-1-3-5-13/h11-13,17H,1-10,15H2. The highest BCUT2D eigenvalue weighted by Gasteiger charge is 2.34. The van der Waals surface area contributed by atoms with Crippen molar-refractivity contribution in [3.05, 3.63) is 0 Å². The van der Waals surface area contributed by atoms with Crippen LogP contribution in [0.25, 0.3) is 0 Å². The molecule has 0 aliphatic heterocycles. The maximum atomic E-state index is 12.5. The molecule has 2 unspecified atom stereocenters. The lowest BCUT2D eigenvalue weighted by Gasteiger charge is -2.35. The molecule has 2 saturated carbocycles. The lowest BCUT2D eigenvalue weighted by atomic mass is 9.93. The molecule has 18 heavy (non-hydrogen) atoms. The maximum absolute atomic E-state index is 12.5. The number of nitrogens with two attached hydrogens (primary N) is 1. The highest BCUT2D eigenvalue weighted by molar-refractivity contribution is 5.79. The third-order valence-corrected chi connectivity index (χ3v) is 4.46. The molecule has 0 saturated heterocycles. The maximum Gasteiger partial charge on any atom is 0.226 e. The van der Waals surface area contributed by atoms with Crippen molar-refractivity contribution in [1.29, 1.82) is 0 Å². The molecule has 2 aliphatic rings. The summed E-state index contributed by atoms with van der Waals surface area (Å²) in [6.45, 7) is 0.566. The monoisotopic (exact) mass is 254 g/mol. The number of carbonyl (C=O) groups excluding carboxylic acids is 1. The summed E-state index contributed by atoms with van der Waals surface area (Å²) < 4.78 is 0. The molecule has 4 nitrogen and oxygen atoms in total. The van der Waals surface area contributed by atoms with Gasteiger partial charge < -0.3 is 15.7 Å². The van der Waals surface area contributed by atoms with Crippen LogP contribution in [0.3, 0.4) is 0 Å². The summed E-state index contributed by atoms with van der Waals surface area (Å²) in [6.07, 6.45) is 8.63. The van der Waals surface area contributed by atoms with Gasteiger partial charge in [0.15, 0.2) is 0 Å². The second-order valence-electron chi connectivity index (χ2n) is 5.82. The minimum Gasteiger partial charge on any atom is -0.395 e. The van der Waals surface area contributed by atoms with E-state index in [9.17, 15) is 9.90 Å². The number of carbonyl (C=O) groups is 1. The summed E-state index contributed by atoms with van der Waals surface area (Å²) >= 11 is 0. The van der Waals surface area contributed by atoms with Gasteiger partial charge in [-0.3, -0.25) is 4.79 Å². The Balaban J connectivity index is 1.97. The first-order valence-electron chi connectivity index (χ1n) is 7.39. The Morgan fingerprint density at radius 3 is 2.44 bits per heavy atom. The first-order chi connectivity index (χ1) is 8.72. The lowest BCUT2D eigenvalue weighted by molar-refractivity contribution is -0.139. The summed E-state index contributed by atoms with van der Waals surface area (Å²) in [4.78, 5) is 14.5. The van der Waals surface area contributed by atoms with Gasteiger partial charge in [-0.2, -0.15) is 0 Å². The lowest BCUT2D eigenvalue weighted by Crippen LogP contribution is -2.45. The van der Waals surface area contributed by atoms with E-state index < -0.39 is 0 Å². The molecular formula is C14H26N2O2. The Morgan fingerprint density at radius 2 is 1.89 bits per heavy atom. The van der Waals surface area contributed by atoms with Crippen LogP contribution in [0.5, 0.6) is 0 Å². The van der Waals surface area contributed by atoms with Crippen LogP contribution in [0, 0.1) is 5.92 Å². The number of aliphatic hydroxyl groups is 1. The van der Waals surface area contributed by atoms with E-state index in [4.69, 9.17) is 5.73 Å². The zero-order chi connectivity index (χ0) is 13.0. The predicted molar refractivity (Wildman–Crippen MR) is 71.0 cm³/mol. The Kier molecular flexibility index (Phi) is 5.01. The van der Waals surface area contributed by atoms with Crippen molar-refractivity contribution in [2.75, 3.05) is 13.2 Å². The fourth-order valence-electron chi connectivity index (χ4n) is 3.45. The van der Waals surface area contributed by atoms with Crippen molar-refractivity contribution < 1.29 is 9.90 Å². The first kappa shape index (κ1) is 13.8. The van der Waals surface area contributed by atoms with Crippen molar-refractivity contribution >= 4 is 5.91 Å². The van der Waals surface area contributed by atoms with Gasteiger partial charge in [-0.15, -0.1) is 0 Å². The van der Waals surface area contributed by atoms with Crippen molar-refractivity contribution in [3.63, 3.8) is 0 Å². The van der Waals surface area contributed by atoms with E-state index in [1.807, 2.05) is 4.90 Å². The highest BCUT2D eigenvalue weighted by atomic mass is 16.3. The third kappa shape index (κ3) is 3.23. The van der Waals surface area contributed by atoms with Crippen LogP contribution >= 0.6 is 0 Å². The fourth-order valence-corrected chi connectivity index (χ4v) is 3.45. The molecule has 0 aromatic carbocycles. The molecule has 3 N–H and O–H groups in total. The van der Waals surface area contributed by atoms with E-state index in [2.05, 4.69) is 0 Å². The third-order valence-electron chi connectivity index (χ3n) is 4.46. The second kappa shape index (κ2) is 6.53. The number of nitrogens with zero attached hydrogens (tertiary/aromatic N) is 1. The number of aliphatic hydroxyl groups excluding tert-OH is 1. The van der Waals surface area contributed by atoms with E-state index in [0.717, 1.165) is 32.1 Å². The van der Waals surface area contributed by atoms with Crippen LogP contribution in [0.1, 0.15) is 51.4 Å². The molecular weight excluding hydrogens is 228 g/mol. The topological polar surface area (TPSA) is 66.6 Å². The highest BCUT2D eigenvalue weighted by Crippen LogP contribution is 2.29. The van der Waals surface area contributed by atoms with E-state index in [1.54, 1.807) is 0 Å². The summed E-state index contributed by atoms with van der Waals surface area (Å²) in [5, 5.41) is 9.19. The average molecular weight is 254 g/mol. The summed E-state index contributed by atoms with van der Waals surface area (Å²) in [5.41, 5.74) is 5.90. The van der Waals surface area contributed by atoms with Crippen LogP contribution in [0.15, 0.2) is 0 Å². The van der Waals surface area contributed by atoms with Gasteiger partial charge in [-0.05, 0) is 32.1 Å². The zero-order valence-corrected chi connectivity index (χ0v) is 11.2. The number of amides is 1. The van der Waals surface area contributed by atoms with Gasteiger partial charge >= 0.3 is 0 Å². The summed E-state index contributed by atoms with van der Waals surface area (Å²) in [6, 6.07) is 0.552. The molecule has 0 radical (unpaired) electrons. The van der Waals surface area contributed by atoms with Crippen LogP contribution in [0.2, 0.25) is 0 Å². The fraction of sp³-hybridized carbons (Fsp3) is 0.929. The van der Waals surface area contributed by atoms with Gasteiger partial charge in [0.1, 0.15) is 0 Å². The van der Waals surface area contributed by atoms with Gasteiger partial charge in [0.2, 0.25) is 5.91 Å². The predicted octanol–water partition coefficient (Wildman–Crippen LogP) is 1.27. The molecule has 2 atom stereocenters. The first-order valence-corrected chi connectivity index (χ1v) is 7.39. The van der Waals surface area contributed by atoms with Crippen LogP contribution in [-0.2, 0) is 4.79 Å². The number of hydrogen-bond acceptors (Lipinski definition) is 3. The molecule has 0 aromatic heterocycles. The molecule has 0 heterocycles. The molecule has 1 amide bonds. The zero-order valence-electron chi connectivity index (χ0n) is 11.2. The number of hydrogen-bond donors (Lipinski definition) is 2. The molecule has 2 aliphatic carbocycles. The normalized spacial score (nSPS) is 29.4. The largest absolute Gasteiger partial charge is 0.395 e. The van der Waals surface area contributed by atoms with Crippen LogP contribution in [-0.4, -0.2) is 41.1 Å². The SMILES string of the molecule is NC1CCC(C(=O)N(CCO)C2CCCCC2)C1. The molecule has 0 aromatic rings. The summed E-state index contributed by atoms with van der Waals surface area (Å²) in [5.74, 6) is 0.345. The smallest absolute Gasteiger partial charge is 0.226 e. The second-order valence-corrected chi connectivity index (χ2v) is 5.82. The molecule has 2 fully saturated rings. The van der Waals surface area contributed by atoms with E-state index in [0.29, 0.717) is 12.6 Å². The van der Waals surface area contributed by atoms with Gasteiger partial charge in [-0.25, -0.2) is 0 Å². The van der Waals surface area contributed by atoms with Gasteiger partial charge in [0.25, 0.3) is 0 Å². The van der Waals surface area contributed by atoms with Crippen LogP contribution in [0.4, 0.5) is 0 Å². The molecule has 2 rings (SSSR count).